The molecule has 0 aliphatic heterocycles. The van der Waals surface area contributed by atoms with Crippen LogP contribution in [0.2, 0.25) is 0 Å². The minimum Gasteiger partial charge on any atom is -0.469 e. The molecule has 0 atom stereocenters. The largest absolute Gasteiger partial charge is 0.469 e. The Morgan fingerprint density at radius 2 is 2.00 bits per heavy atom. The van der Waals surface area contributed by atoms with Gasteiger partial charge in [-0.1, -0.05) is 30.4 Å². The summed E-state index contributed by atoms with van der Waals surface area (Å²) < 4.78 is 5.20. The van der Waals surface area contributed by atoms with Gasteiger partial charge in [-0.3, -0.25) is 4.79 Å². The summed E-state index contributed by atoms with van der Waals surface area (Å²) in [4.78, 5) is 14.7. The van der Waals surface area contributed by atoms with Gasteiger partial charge < -0.3 is 15.1 Å². The fourth-order valence-electron chi connectivity index (χ4n) is 1.93. The van der Waals surface area contributed by atoms with E-state index >= 15 is 0 Å². The van der Waals surface area contributed by atoms with Crippen molar-refractivity contribution >= 4 is 28.8 Å². The van der Waals surface area contributed by atoms with Gasteiger partial charge in [0.1, 0.15) is 5.76 Å². The van der Waals surface area contributed by atoms with Crippen LogP contribution in [0.1, 0.15) is 22.5 Å². The summed E-state index contributed by atoms with van der Waals surface area (Å²) in [5, 5.41) is 0. The number of carbonyl (C=O) groups excluding carboxylic acids is 1. The Labute approximate surface area is 123 Å². The highest BCUT2D eigenvalue weighted by Gasteiger charge is 2.20. The zero-order valence-corrected chi connectivity index (χ0v) is 12.0. The van der Waals surface area contributed by atoms with Gasteiger partial charge in [0.15, 0.2) is 0 Å². The molecule has 0 radical (unpaired) electrons. The average molecular weight is 288 g/mol. The van der Waals surface area contributed by atoms with Crippen molar-refractivity contribution in [2.45, 2.75) is 13.3 Å². The Hall–Kier alpha value is -2.14. The second-order valence-electron chi connectivity index (χ2n) is 4.40. The first kappa shape index (κ1) is 14.3. The van der Waals surface area contributed by atoms with Crippen LogP contribution < -0.4 is 10.6 Å². The molecule has 0 bridgehead atoms. The lowest BCUT2D eigenvalue weighted by molar-refractivity contribution is 0.0986. The van der Waals surface area contributed by atoms with Gasteiger partial charge in [0.05, 0.1) is 16.8 Å². The third-order valence-electron chi connectivity index (χ3n) is 2.98. The van der Waals surface area contributed by atoms with Crippen molar-refractivity contribution in [1.82, 2.24) is 0 Å². The molecule has 1 heterocycles. The number of thiocarbonyl (C=S) groups is 1. The van der Waals surface area contributed by atoms with Crippen LogP contribution >= 0.6 is 12.2 Å². The number of amides is 1. The number of furan rings is 1. The van der Waals surface area contributed by atoms with Gasteiger partial charge in [-0.05, 0) is 25.1 Å². The van der Waals surface area contributed by atoms with Crippen LogP contribution in [0, 0.1) is 6.92 Å². The molecule has 2 aromatic rings. The van der Waals surface area contributed by atoms with Crippen LogP contribution in [-0.4, -0.2) is 17.4 Å². The lowest BCUT2D eigenvalue weighted by Crippen LogP contribution is -2.33. The van der Waals surface area contributed by atoms with Crippen molar-refractivity contribution in [3.05, 3.63) is 54.0 Å². The highest BCUT2D eigenvalue weighted by atomic mass is 32.1. The van der Waals surface area contributed by atoms with Gasteiger partial charge in [-0.25, -0.2) is 0 Å². The number of hydrogen-bond acceptors (Lipinski definition) is 3. The van der Waals surface area contributed by atoms with E-state index in [-0.39, 0.29) is 5.91 Å². The number of anilines is 1. The summed E-state index contributed by atoms with van der Waals surface area (Å²) in [6, 6.07) is 11.1. The summed E-state index contributed by atoms with van der Waals surface area (Å²) in [6.07, 6.45) is 1.99. The molecule has 5 heteroatoms. The molecule has 0 spiro atoms. The highest BCUT2D eigenvalue weighted by molar-refractivity contribution is 7.80. The van der Waals surface area contributed by atoms with E-state index in [4.69, 9.17) is 22.4 Å². The Balaban J connectivity index is 2.29. The van der Waals surface area contributed by atoms with E-state index in [2.05, 4.69) is 0 Å². The molecule has 2 rings (SSSR count). The third-order valence-corrected chi connectivity index (χ3v) is 3.19. The first-order chi connectivity index (χ1) is 9.59. The highest BCUT2D eigenvalue weighted by Crippen LogP contribution is 2.19. The van der Waals surface area contributed by atoms with E-state index < -0.39 is 0 Å². The van der Waals surface area contributed by atoms with E-state index in [1.54, 1.807) is 17.9 Å². The quantitative estimate of drug-likeness (QED) is 0.859. The maximum atomic E-state index is 12.6. The molecular weight excluding hydrogens is 272 g/mol. The Morgan fingerprint density at radius 1 is 1.30 bits per heavy atom. The fourth-order valence-corrected chi connectivity index (χ4v) is 2.02. The molecule has 0 aliphatic carbocycles. The number of carbonyl (C=O) groups is 1. The van der Waals surface area contributed by atoms with Gasteiger partial charge in [-0.2, -0.15) is 0 Å². The van der Waals surface area contributed by atoms with E-state index in [0.29, 0.717) is 29.3 Å². The molecule has 20 heavy (non-hydrogen) atoms. The molecule has 0 saturated carbocycles. The molecule has 1 aromatic carbocycles. The molecule has 104 valence electrons. The van der Waals surface area contributed by atoms with E-state index in [9.17, 15) is 4.79 Å². The van der Waals surface area contributed by atoms with Crippen LogP contribution in [0.4, 0.5) is 5.69 Å². The summed E-state index contributed by atoms with van der Waals surface area (Å²) in [5.41, 5.74) is 6.91. The van der Waals surface area contributed by atoms with Crippen molar-refractivity contribution in [3.8, 4) is 0 Å². The zero-order chi connectivity index (χ0) is 14.5. The first-order valence-electron chi connectivity index (χ1n) is 6.29. The first-order valence-corrected chi connectivity index (χ1v) is 6.69. The number of para-hydroxylation sites is 1. The van der Waals surface area contributed by atoms with Crippen molar-refractivity contribution in [3.63, 3.8) is 0 Å². The number of nitrogens with two attached hydrogens (primary N) is 1. The third kappa shape index (κ3) is 3.24. The summed E-state index contributed by atoms with van der Waals surface area (Å²) in [5.74, 6) is 0.491. The normalized spacial score (nSPS) is 10.2. The Bertz CT molecular complexity index is 607. The second-order valence-corrected chi connectivity index (χ2v) is 4.92. The van der Waals surface area contributed by atoms with Crippen molar-refractivity contribution in [1.29, 1.82) is 0 Å². The molecule has 2 N–H and O–H groups in total. The number of aryl methyl sites for hydroxylation is 1. The van der Waals surface area contributed by atoms with Crippen LogP contribution in [0.5, 0.6) is 0 Å². The number of benzene rings is 1. The molecular formula is C15H16N2O2S. The molecule has 0 unspecified atom stereocenters. The van der Waals surface area contributed by atoms with Gasteiger partial charge >= 0.3 is 0 Å². The predicted octanol–water partition coefficient (Wildman–Crippen LogP) is 2.91. The summed E-state index contributed by atoms with van der Waals surface area (Å²) in [6.45, 7) is 2.22. The monoisotopic (exact) mass is 288 g/mol. The van der Waals surface area contributed by atoms with Crippen LogP contribution in [0.25, 0.3) is 0 Å². The van der Waals surface area contributed by atoms with Crippen molar-refractivity contribution in [2.75, 3.05) is 11.4 Å². The van der Waals surface area contributed by atoms with Crippen LogP contribution in [0.15, 0.2) is 47.1 Å². The second kappa shape index (κ2) is 6.34. The Kier molecular flexibility index (Phi) is 4.53. The average Bonchev–Trinajstić information content (AvgIpc) is 2.86. The number of hydrogen-bond donors (Lipinski definition) is 1. The molecule has 0 aliphatic rings. The minimum absolute atomic E-state index is 0.112. The number of rotatable bonds is 5. The lowest BCUT2D eigenvalue weighted by Gasteiger charge is -2.22. The Morgan fingerprint density at radius 3 is 2.55 bits per heavy atom. The molecule has 1 aromatic heterocycles. The zero-order valence-electron chi connectivity index (χ0n) is 11.2. The minimum atomic E-state index is -0.112. The van der Waals surface area contributed by atoms with E-state index in [1.807, 2.05) is 30.3 Å². The lowest BCUT2D eigenvalue weighted by atomic mass is 10.2. The summed E-state index contributed by atoms with van der Waals surface area (Å²) in [7, 11) is 0. The van der Waals surface area contributed by atoms with Gasteiger partial charge in [0.25, 0.3) is 5.91 Å². The smallest absolute Gasteiger partial charge is 0.261 e. The van der Waals surface area contributed by atoms with Gasteiger partial charge in [0, 0.05) is 18.7 Å². The maximum Gasteiger partial charge on any atom is 0.261 e. The van der Waals surface area contributed by atoms with Crippen molar-refractivity contribution < 1.29 is 9.21 Å². The number of nitrogens with zero attached hydrogens (tertiary/aromatic N) is 1. The van der Waals surface area contributed by atoms with E-state index in [0.717, 1.165) is 5.69 Å². The van der Waals surface area contributed by atoms with Gasteiger partial charge in [-0.15, -0.1) is 0 Å². The van der Waals surface area contributed by atoms with E-state index in [1.165, 1.54) is 6.26 Å². The SMILES string of the molecule is Cc1occc1C(=O)N(CCC(N)=S)c1ccccc1. The molecule has 0 fully saturated rings. The molecule has 1 amide bonds. The van der Waals surface area contributed by atoms with Gasteiger partial charge in [0.2, 0.25) is 0 Å². The summed E-state index contributed by atoms with van der Waals surface area (Å²) >= 11 is 4.90. The molecule has 4 nitrogen and oxygen atoms in total. The van der Waals surface area contributed by atoms with Crippen LogP contribution in [-0.2, 0) is 0 Å². The fraction of sp³-hybridized carbons (Fsp3) is 0.200. The topological polar surface area (TPSA) is 59.5 Å². The maximum absolute atomic E-state index is 12.6. The standard InChI is InChI=1S/C15H16N2O2S/c1-11-13(8-10-19-11)15(18)17(9-7-14(16)20)12-5-3-2-4-6-12/h2-6,8,10H,7,9H2,1H3,(H2,16,20). The predicted molar refractivity (Wildman–Crippen MR) is 83.0 cm³/mol. The molecule has 0 saturated heterocycles. The van der Waals surface area contributed by atoms with Crippen molar-refractivity contribution in [2.24, 2.45) is 5.73 Å². The van der Waals surface area contributed by atoms with Crippen LogP contribution in [0.3, 0.4) is 0 Å².